The number of aliphatic hydroxyl groups excluding tert-OH is 5. The zero-order valence-electron chi connectivity index (χ0n) is 27.4. The molecule has 54 heavy (non-hydrogen) atoms. The first-order valence-corrected chi connectivity index (χ1v) is 16.1. The maximum absolute atomic E-state index is 12.0. The van der Waals surface area contributed by atoms with Gasteiger partial charge in [-0.15, -0.1) is 0 Å². The van der Waals surface area contributed by atoms with Crippen molar-refractivity contribution < 1.29 is 90.1 Å². The van der Waals surface area contributed by atoms with Crippen molar-refractivity contribution in [3.8, 4) is 74.6 Å². The molecule has 0 spiro atoms. The second-order valence-corrected chi connectivity index (χ2v) is 12.8. The summed E-state index contributed by atoms with van der Waals surface area (Å²) in [6.45, 7) is -0.812. The van der Waals surface area contributed by atoms with Gasteiger partial charge in [0.1, 0.15) is 70.2 Å². The van der Waals surface area contributed by atoms with Gasteiger partial charge in [-0.2, -0.15) is 0 Å². The Morgan fingerprint density at radius 2 is 1.31 bits per heavy atom. The number of aromatic hydroxyl groups is 9. The fraction of sp³-hybridized carbons (Fsp3) is 0.250. The van der Waals surface area contributed by atoms with Gasteiger partial charge in [-0.3, -0.25) is 0 Å². The van der Waals surface area contributed by atoms with Gasteiger partial charge in [-0.25, -0.2) is 4.42 Å². The number of ether oxygens (including phenoxy) is 3. The highest BCUT2D eigenvalue weighted by molar-refractivity contribution is 5.92. The number of hydrogen-bond donors (Lipinski definition) is 14. The third kappa shape index (κ3) is 5.92. The molecule has 4 aromatic carbocycles. The molecule has 0 bridgehead atoms. The van der Waals surface area contributed by atoms with E-state index in [0.717, 1.165) is 48.5 Å². The number of rotatable bonds is 6. The average Bonchev–Trinajstić information content (AvgIpc) is 3.12. The van der Waals surface area contributed by atoms with Crippen molar-refractivity contribution in [2.75, 3.05) is 6.61 Å². The molecule has 0 saturated carbocycles. The van der Waals surface area contributed by atoms with Crippen LogP contribution in [0.2, 0.25) is 0 Å². The molecule has 18 heteroatoms. The Kier molecular flexibility index (Phi) is 8.96. The number of benzene rings is 4. The first-order valence-electron chi connectivity index (χ1n) is 16.1. The summed E-state index contributed by atoms with van der Waals surface area (Å²) in [6, 6.07) is 9.38. The fourth-order valence-corrected chi connectivity index (χ4v) is 6.73. The first kappa shape index (κ1) is 36.2. The van der Waals surface area contributed by atoms with Crippen LogP contribution in [0.5, 0.6) is 63.2 Å². The van der Waals surface area contributed by atoms with Gasteiger partial charge in [0.15, 0.2) is 34.9 Å². The lowest BCUT2D eigenvalue weighted by Gasteiger charge is -2.39. The second kappa shape index (κ2) is 13.4. The molecule has 284 valence electrons. The summed E-state index contributed by atoms with van der Waals surface area (Å²) in [4.78, 5) is 0. The molecule has 0 radical (unpaired) electrons. The quantitative estimate of drug-likeness (QED) is 0.0863. The molecule has 14 N–H and O–H groups in total. The minimum absolute atomic E-state index is 0.0988. The van der Waals surface area contributed by atoms with Crippen molar-refractivity contribution in [2.45, 2.75) is 48.8 Å². The number of phenolic OH excluding ortho intramolecular Hbond substituents is 9. The van der Waals surface area contributed by atoms with Gasteiger partial charge in [0.05, 0.1) is 18.1 Å². The molecule has 7 rings (SSSR count). The van der Waals surface area contributed by atoms with Gasteiger partial charge in [0.2, 0.25) is 12.0 Å². The molecule has 2 aliphatic rings. The minimum Gasteiger partial charge on any atom is -0.508 e. The molecular formula is C36H33O18+. The zero-order chi connectivity index (χ0) is 38.9. The van der Waals surface area contributed by atoms with Crippen molar-refractivity contribution in [3.63, 3.8) is 0 Å². The summed E-state index contributed by atoms with van der Waals surface area (Å²) in [7, 11) is 0. The normalized spacial score (nSPS) is 25.2. The van der Waals surface area contributed by atoms with Gasteiger partial charge in [-0.05, 0) is 17.7 Å². The third-order valence-electron chi connectivity index (χ3n) is 9.40. The lowest BCUT2D eigenvalue weighted by molar-refractivity contribution is -0.277. The summed E-state index contributed by atoms with van der Waals surface area (Å²) >= 11 is 0. The summed E-state index contributed by atoms with van der Waals surface area (Å²) in [5, 5.41) is 148. The molecule has 8 unspecified atom stereocenters. The Morgan fingerprint density at radius 3 is 1.98 bits per heavy atom. The number of aliphatic hydroxyl groups is 5. The van der Waals surface area contributed by atoms with Crippen LogP contribution in [0.1, 0.15) is 28.7 Å². The van der Waals surface area contributed by atoms with E-state index in [4.69, 9.17) is 18.6 Å². The third-order valence-corrected chi connectivity index (χ3v) is 9.40. The van der Waals surface area contributed by atoms with Crippen LogP contribution in [0, 0.1) is 0 Å². The van der Waals surface area contributed by atoms with E-state index in [1.165, 1.54) is 6.07 Å². The average molecular weight is 754 g/mol. The molecule has 0 amide bonds. The van der Waals surface area contributed by atoms with Crippen LogP contribution in [0.4, 0.5) is 0 Å². The summed E-state index contributed by atoms with van der Waals surface area (Å²) in [5.41, 5.74) is -1.06. The second-order valence-electron chi connectivity index (χ2n) is 12.8. The highest BCUT2D eigenvalue weighted by Crippen LogP contribution is 2.55. The van der Waals surface area contributed by atoms with E-state index in [1.807, 2.05) is 0 Å². The summed E-state index contributed by atoms with van der Waals surface area (Å²) in [6.07, 6.45) is -12.0. The predicted octanol–water partition coefficient (Wildman–Crippen LogP) is 1.54. The smallest absolute Gasteiger partial charge is 0.402 e. The van der Waals surface area contributed by atoms with E-state index in [2.05, 4.69) is 0 Å². The highest BCUT2D eigenvalue weighted by atomic mass is 16.7. The van der Waals surface area contributed by atoms with Crippen LogP contribution >= 0.6 is 0 Å². The van der Waals surface area contributed by atoms with Gasteiger partial charge in [0.25, 0.3) is 0 Å². The fourth-order valence-electron chi connectivity index (χ4n) is 6.73. The summed E-state index contributed by atoms with van der Waals surface area (Å²) in [5.74, 6) is -8.78. The topological polar surface area (TPSA) is 322 Å². The van der Waals surface area contributed by atoms with Gasteiger partial charge < -0.3 is 85.7 Å². The first-order chi connectivity index (χ1) is 25.6. The van der Waals surface area contributed by atoms with E-state index in [-0.39, 0.29) is 33.4 Å². The molecule has 0 aliphatic carbocycles. The molecule has 5 aromatic rings. The van der Waals surface area contributed by atoms with Gasteiger partial charge >= 0.3 is 11.3 Å². The molecule has 8 atom stereocenters. The number of phenols is 9. The predicted molar refractivity (Wildman–Crippen MR) is 180 cm³/mol. The zero-order valence-corrected chi connectivity index (χ0v) is 27.4. The van der Waals surface area contributed by atoms with E-state index in [0.29, 0.717) is 0 Å². The minimum atomic E-state index is -1.94. The van der Waals surface area contributed by atoms with Crippen LogP contribution in [0.15, 0.2) is 59.0 Å². The Morgan fingerprint density at radius 1 is 0.630 bits per heavy atom. The van der Waals surface area contributed by atoms with E-state index in [1.54, 1.807) is 0 Å². The van der Waals surface area contributed by atoms with Crippen LogP contribution in [0.3, 0.4) is 0 Å². The Balaban J connectivity index is 1.49. The highest BCUT2D eigenvalue weighted by Gasteiger charge is 2.48. The van der Waals surface area contributed by atoms with E-state index >= 15 is 0 Å². The van der Waals surface area contributed by atoms with Crippen molar-refractivity contribution in [1.29, 1.82) is 0 Å². The molecule has 1 saturated heterocycles. The molecular weight excluding hydrogens is 720 g/mol. The maximum Gasteiger partial charge on any atom is 0.402 e. The molecule has 2 aliphatic heterocycles. The SMILES string of the molecule is OCC1OC(Oc2cc3c(O)cc(O)c(C4c5c(O)cc(O)cc5OC(c5ccc(O)c(O)c5)C4O)c3[o+]c2-c2cc(O)c(O)c(O)c2)C(O)C(O)C1O. The van der Waals surface area contributed by atoms with Crippen molar-refractivity contribution in [1.82, 2.24) is 0 Å². The van der Waals surface area contributed by atoms with Crippen LogP contribution < -0.4 is 9.47 Å². The van der Waals surface area contributed by atoms with E-state index in [9.17, 15) is 71.5 Å². The Bertz CT molecular complexity index is 2250. The number of fused-ring (bicyclic) bond motifs is 2. The summed E-state index contributed by atoms with van der Waals surface area (Å²) < 4.78 is 23.6. The Labute approximate surface area is 302 Å². The number of hydrogen-bond acceptors (Lipinski definition) is 17. The van der Waals surface area contributed by atoms with Gasteiger partial charge in [0, 0.05) is 42.0 Å². The monoisotopic (exact) mass is 753 g/mol. The van der Waals surface area contributed by atoms with E-state index < -0.39 is 124 Å². The van der Waals surface area contributed by atoms with Crippen LogP contribution in [0.25, 0.3) is 22.3 Å². The molecule has 1 aromatic heterocycles. The van der Waals surface area contributed by atoms with Crippen molar-refractivity contribution >= 4 is 11.0 Å². The lowest BCUT2D eigenvalue weighted by atomic mass is 9.78. The standard InChI is InChI=1S/C36H32O18/c37-10-24-29(47)31(49)32(50)36(53-24)52-23-8-14-16(40)9-19(43)26(35(14)54-33(23)12-4-20(44)28(46)21(45)5-12)27-25-18(42)6-13(38)7-22(25)51-34(30(27)48)11-1-2-15(39)17(41)3-11/h1-9,24,27,29-32,34,36-37,47-50H,10H2,(H8-,38,39,40,41,42,43,44,45,46)/p+1. The lowest BCUT2D eigenvalue weighted by Crippen LogP contribution is -2.60. The molecule has 1 fully saturated rings. The maximum atomic E-state index is 12.0. The molecule has 18 nitrogen and oxygen atoms in total. The molecule has 3 heterocycles. The van der Waals surface area contributed by atoms with Crippen molar-refractivity contribution in [3.05, 3.63) is 71.3 Å². The largest absolute Gasteiger partial charge is 0.508 e. The van der Waals surface area contributed by atoms with Crippen molar-refractivity contribution in [2.24, 2.45) is 0 Å². The van der Waals surface area contributed by atoms with Crippen LogP contribution in [-0.2, 0) is 4.74 Å². The Hall–Kier alpha value is -6.15. The van der Waals surface area contributed by atoms with Crippen LogP contribution in [-0.4, -0.2) is 115 Å². The van der Waals surface area contributed by atoms with Gasteiger partial charge in [-0.1, -0.05) is 6.07 Å².